The van der Waals surface area contributed by atoms with Crippen LogP contribution in [0.15, 0.2) is 12.2 Å². The molecule has 3 heteroatoms. The molecule has 23 heavy (non-hydrogen) atoms. The van der Waals surface area contributed by atoms with E-state index >= 15 is 0 Å². The summed E-state index contributed by atoms with van der Waals surface area (Å²) in [5.41, 5.74) is 0. The highest BCUT2D eigenvalue weighted by atomic mass is 16.4. The zero-order chi connectivity index (χ0) is 17.2. The van der Waals surface area contributed by atoms with E-state index in [0.29, 0.717) is 0 Å². The van der Waals surface area contributed by atoms with Crippen molar-refractivity contribution in [1.29, 1.82) is 0 Å². The third-order valence-electron chi connectivity index (χ3n) is 4.29. The van der Waals surface area contributed by atoms with Crippen molar-refractivity contribution in [2.24, 2.45) is 0 Å². The van der Waals surface area contributed by atoms with Crippen LogP contribution in [0.4, 0.5) is 0 Å². The number of carboxylic acids is 1. The van der Waals surface area contributed by atoms with Crippen LogP contribution in [0.1, 0.15) is 103 Å². The van der Waals surface area contributed by atoms with Gasteiger partial charge in [-0.05, 0) is 12.8 Å². The molecule has 0 heterocycles. The van der Waals surface area contributed by atoms with Crippen LogP contribution in [-0.4, -0.2) is 22.3 Å². The van der Waals surface area contributed by atoms with Crippen molar-refractivity contribution in [2.45, 2.75) is 109 Å². The molecule has 0 bridgehead atoms. The van der Waals surface area contributed by atoms with Gasteiger partial charge in [0.2, 0.25) is 0 Å². The van der Waals surface area contributed by atoms with Crippen LogP contribution >= 0.6 is 0 Å². The third-order valence-corrected chi connectivity index (χ3v) is 4.29. The zero-order valence-electron chi connectivity index (χ0n) is 15.1. The minimum atomic E-state index is -1.25. The molecule has 0 saturated heterocycles. The Morgan fingerprint density at radius 2 is 1.22 bits per heavy atom. The van der Waals surface area contributed by atoms with Gasteiger partial charge in [-0.15, -0.1) is 0 Å². The van der Waals surface area contributed by atoms with Crippen LogP contribution in [0.5, 0.6) is 0 Å². The lowest BCUT2D eigenvalue weighted by molar-refractivity contribution is -0.146. The summed E-state index contributed by atoms with van der Waals surface area (Å²) < 4.78 is 0. The molecule has 0 aromatic heterocycles. The fraction of sp³-hybridized carbons (Fsp3) is 0.850. The van der Waals surface area contributed by atoms with E-state index < -0.39 is 12.1 Å². The highest BCUT2D eigenvalue weighted by Gasteiger charge is 2.09. The zero-order valence-corrected chi connectivity index (χ0v) is 15.1. The molecule has 0 aromatic rings. The molecule has 0 aromatic carbocycles. The van der Waals surface area contributed by atoms with Gasteiger partial charge < -0.3 is 10.2 Å². The predicted molar refractivity (Wildman–Crippen MR) is 97.7 cm³/mol. The fourth-order valence-corrected chi connectivity index (χ4v) is 2.72. The summed E-state index contributed by atoms with van der Waals surface area (Å²) in [6, 6.07) is 0. The highest BCUT2D eigenvalue weighted by molar-refractivity contribution is 5.72. The van der Waals surface area contributed by atoms with E-state index in [0.717, 1.165) is 12.8 Å². The number of allylic oxidation sites excluding steroid dienone is 1. The van der Waals surface area contributed by atoms with Crippen molar-refractivity contribution in [1.82, 2.24) is 0 Å². The molecule has 3 nitrogen and oxygen atoms in total. The Labute approximate surface area is 143 Å². The lowest BCUT2D eigenvalue weighted by atomic mass is 10.0. The number of unbranched alkanes of at least 4 members (excludes halogenated alkanes) is 13. The van der Waals surface area contributed by atoms with Crippen molar-refractivity contribution >= 4 is 5.97 Å². The number of rotatable bonds is 17. The summed E-state index contributed by atoms with van der Waals surface area (Å²) in [6.45, 7) is 2.26. The lowest BCUT2D eigenvalue weighted by Crippen LogP contribution is -2.17. The Bertz CT molecular complexity index is 287. The van der Waals surface area contributed by atoms with Gasteiger partial charge in [0.05, 0.1) is 0 Å². The van der Waals surface area contributed by atoms with E-state index in [1.54, 1.807) is 6.08 Å². The lowest BCUT2D eigenvalue weighted by Gasteiger charge is -2.02. The maximum Gasteiger partial charge on any atom is 0.332 e. The van der Waals surface area contributed by atoms with Crippen molar-refractivity contribution in [3.05, 3.63) is 12.2 Å². The van der Waals surface area contributed by atoms with Crippen LogP contribution in [-0.2, 0) is 4.79 Å². The predicted octanol–water partition coefficient (Wildman–Crippen LogP) is 5.86. The van der Waals surface area contributed by atoms with Gasteiger partial charge >= 0.3 is 5.97 Å². The Hall–Kier alpha value is -0.830. The van der Waals surface area contributed by atoms with Gasteiger partial charge in [0, 0.05) is 6.42 Å². The van der Waals surface area contributed by atoms with Crippen LogP contribution < -0.4 is 0 Å². The smallest absolute Gasteiger partial charge is 0.332 e. The Morgan fingerprint density at radius 1 is 0.783 bits per heavy atom. The van der Waals surface area contributed by atoms with Crippen molar-refractivity contribution in [3.8, 4) is 0 Å². The standard InChI is InChI=1S/C20H38O3/c1-2-3-4-5-6-7-8-9-10-11-12-13-14-15-16-17-18-19(21)20(22)23/h16-17,19,21H,2-15,18H2,1H3,(H,22,23). The summed E-state index contributed by atoms with van der Waals surface area (Å²) in [4.78, 5) is 10.4. The van der Waals surface area contributed by atoms with Crippen molar-refractivity contribution < 1.29 is 15.0 Å². The van der Waals surface area contributed by atoms with Gasteiger partial charge in [0.1, 0.15) is 0 Å². The van der Waals surface area contributed by atoms with Crippen molar-refractivity contribution in [2.75, 3.05) is 0 Å². The van der Waals surface area contributed by atoms with E-state index in [9.17, 15) is 4.79 Å². The number of aliphatic hydroxyl groups excluding tert-OH is 1. The SMILES string of the molecule is CCCCCCCCCCCCCCCC=CCC(O)C(=O)O. The first kappa shape index (κ1) is 22.2. The Balaban J connectivity index is 3.13. The van der Waals surface area contributed by atoms with E-state index in [2.05, 4.69) is 6.92 Å². The van der Waals surface area contributed by atoms with Gasteiger partial charge in [0.25, 0.3) is 0 Å². The molecule has 0 aliphatic rings. The molecule has 0 spiro atoms. The number of aliphatic hydroxyl groups is 1. The molecule has 0 aliphatic heterocycles. The van der Waals surface area contributed by atoms with Crippen LogP contribution in [0.2, 0.25) is 0 Å². The fourth-order valence-electron chi connectivity index (χ4n) is 2.72. The second-order valence-corrected chi connectivity index (χ2v) is 6.59. The first-order chi connectivity index (χ1) is 11.2. The second kappa shape index (κ2) is 17.5. The number of carboxylic acid groups (broad SMARTS) is 1. The summed E-state index contributed by atoms with van der Waals surface area (Å²) in [6.07, 6.45) is 21.4. The summed E-state index contributed by atoms with van der Waals surface area (Å²) >= 11 is 0. The molecule has 1 atom stereocenters. The van der Waals surface area contributed by atoms with Crippen molar-refractivity contribution in [3.63, 3.8) is 0 Å². The normalized spacial score (nSPS) is 12.8. The van der Waals surface area contributed by atoms with Gasteiger partial charge in [-0.3, -0.25) is 0 Å². The average molecular weight is 327 g/mol. The number of carbonyl (C=O) groups is 1. The summed E-state index contributed by atoms with van der Waals surface area (Å²) in [7, 11) is 0. The molecule has 0 rings (SSSR count). The number of hydrogen-bond donors (Lipinski definition) is 2. The minimum absolute atomic E-state index is 0.216. The molecule has 0 aliphatic carbocycles. The molecular formula is C20H38O3. The second-order valence-electron chi connectivity index (χ2n) is 6.59. The maximum absolute atomic E-state index is 10.4. The molecule has 0 radical (unpaired) electrons. The summed E-state index contributed by atoms with van der Waals surface area (Å²) in [5, 5.41) is 17.6. The van der Waals surface area contributed by atoms with E-state index in [-0.39, 0.29) is 6.42 Å². The Morgan fingerprint density at radius 3 is 1.65 bits per heavy atom. The molecule has 0 amide bonds. The number of hydrogen-bond acceptors (Lipinski definition) is 2. The van der Waals surface area contributed by atoms with Gasteiger partial charge in [0.15, 0.2) is 6.10 Å². The highest BCUT2D eigenvalue weighted by Crippen LogP contribution is 2.13. The van der Waals surface area contributed by atoms with Gasteiger partial charge in [-0.2, -0.15) is 0 Å². The molecule has 2 N–H and O–H groups in total. The van der Waals surface area contributed by atoms with E-state index in [1.807, 2.05) is 6.08 Å². The monoisotopic (exact) mass is 326 g/mol. The first-order valence-electron chi connectivity index (χ1n) is 9.74. The Kier molecular flexibility index (Phi) is 16.9. The van der Waals surface area contributed by atoms with E-state index in [1.165, 1.54) is 77.0 Å². The number of aliphatic carboxylic acids is 1. The molecule has 0 fully saturated rings. The van der Waals surface area contributed by atoms with Crippen LogP contribution in [0, 0.1) is 0 Å². The first-order valence-corrected chi connectivity index (χ1v) is 9.74. The average Bonchev–Trinajstić information content (AvgIpc) is 2.54. The van der Waals surface area contributed by atoms with Crippen LogP contribution in [0.3, 0.4) is 0 Å². The molecule has 136 valence electrons. The molecular weight excluding hydrogens is 288 g/mol. The topological polar surface area (TPSA) is 57.5 Å². The maximum atomic E-state index is 10.4. The quantitative estimate of drug-likeness (QED) is 0.260. The molecule has 0 saturated carbocycles. The van der Waals surface area contributed by atoms with Gasteiger partial charge in [-0.25, -0.2) is 4.79 Å². The third kappa shape index (κ3) is 17.4. The minimum Gasteiger partial charge on any atom is -0.479 e. The largest absolute Gasteiger partial charge is 0.479 e. The van der Waals surface area contributed by atoms with E-state index in [4.69, 9.17) is 10.2 Å². The van der Waals surface area contributed by atoms with Gasteiger partial charge in [-0.1, -0.05) is 96.1 Å². The van der Waals surface area contributed by atoms with Crippen LogP contribution in [0.25, 0.3) is 0 Å². The molecule has 1 unspecified atom stereocenters. The summed E-state index contributed by atoms with van der Waals surface area (Å²) in [5.74, 6) is -1.14.